The highest BCUT2D eigenvalue weighted by Crippen LogP contribution is 2.42. The summed E-state index contributed by atoms with van der Waals surface area (Å²) in [6.45, 7) is 8.61. The van der Waals surface area contributed by atoms with E-state index in [4.69, 9.17) is 15.2 Å². The molecule has 0 saturated heterocycles. The highest BCUT2D eigenvalue weighted by atomic mass is 32.2. The number of nitrogens with two attached hydrogens (primary N) is 1. The summed E-state index contributed by atoms with van der Waals surface area (Å²) in [4.78, 5) is 13.1. The van der Waals surface area contributed by atoms with Gasteiger partial charge in [-0.25, -0.2) is 13.6 Å². The van der Waals surface area contributed by atoms with E-state index < -0.39 is 23.6 Å². The third kappa shape index (κ3) is 5.26. The topological polar surface area (TPSA) is 76.8 Å². The van der Waals surface area contributed by atoms with E-state index in [1.165, 1.54) is 23.9 Å². The number of primary amides is 1. The Morgan fingerprint density at radius 2 is 1.93 bits per heavy atom. The Kier molecular flexibility index (Phi) is 6.94. The zero-order valence-electron chi connectivity index (χ0n) is 15.8. The molecule has 0 aliphatic carbocycles. The van der Waals surface area contributed by atoms with Crippen LogP contribution in [0, 0.1) is 17.6 Å². The molecule has 1 unspecified atom stereocenters. The summed E-state index contributed by atoms with van der Waals surface area (Å²) in [5, 5.41) is 4.19. The van der Waals surface area contributed by atoms with Gasteiger partial charge in [-0.3, -0.25) is 0 Å². The van der Waals surface area contributed by atoms with Crippen LogP contribution in [0.25, 0.3) is 0 Å². The molecule has 1 aromatic carbocycles. The Labute approximate surface area is 162 Å². The molecule has 1 aliphatic heterocycles. The van der Waals surface area contributed by atoms with Crippen LogP contribution in [0.4, 0.5) is 13.6 Å². The van der Waals surface area contributed by atoms with Gasteiger partial charge in [0.25, 0.3) is 0 Å². The lowest BCUT2D eigenvalue weighted by Crippen LogP contribution is -2.53. The molecule has 1 atom stereocenters. The van der Waals surface area contributed by atoms with Crippen LogP contribution in [-0.2, 0) is 9.47 Å². The van der Waals surface area contributed by atoms with E-state index in [9.17, 15) is 13.6 Å². The van der Waals surface area contributed by atoms with Gasteiger partial charge in [-0.2, -0.15) is 0 Å². The minimum Gasteiger partial charge on any atom is -0.447 e. The zero-order valence-corrected chi connectivity index (χ0v) is 16.7. The summed E-state index contributed by atoms with van der Waals surface area (Å²) >= 11 is 1.27. The number of amides is 1. The predicted octanol–water partition coefficient (Wildman–Crippen LogP) is 3.59. The van der Waals surface area contributed by atoms with Gasteiger partial charge in [0.05, 0.1) is 11.6 Å². The lowest BCUT2D eigenvalue weighted by molar-refractivity contribution is -0.137. The molecule has 0 aromatic heterocycles. The van der Waals surface area contributed by atoms with Crippen molar-refractivity contribution in [3.8, 4) is 0 Å². The largest absolute Gasteiger partial charge is 0.447 e. The Morgan fingerprint density at radius 1 is 1.30 bits per heavy atom. The van der Waals surface area contributed by atoms with Crippen molar-refractivity contribution in [1.29, 1.82) is 0 Å². The first-order valence-electron chi connectivity index (χ1n) is 8.66. The quantitative estimate of drug-likeness (QED) is 0.649. The van der Waals surface area contributed by atoms with E-state index in [1.54, 1.807) is 0 Å². The highest BCUT2D eigenvalue weighted by Gasteiger charge is 2.42. The number of hydrogen-bond acceptors (Lipinski definition) is 6. The van der Waals surface area contributed by atoms with E-state index in [1.807, 2.05) is 32.6 Å². The molecule has 1 aromatic rings. The Bertz CT molecular complexity index is 710. The molecule has 1 amide bonds. The number of carbonyl (C=O) groups is 1. The maximum absolute atomic E-state index is 13.6. The van der Waals surface area contributed by atoms with E-state index in [2.05, 4.69) is 5.32 Å². The normalized spacial score (nSPS) is 19.6. The van der Waals surface area contributed by atoms with Crippen molar-refractivity contribution in [1.82, 2.24) is 10.2 Å². The number of rotatable bonds is 8. The number of thioether (sulfide) groups is 1. The van der Waals surface area contributed by atoms with Crippen LogP contribution in [0.5, 0.6) is 0 Å². The molecule has 1 aliphatic rings. The van der Waals surface area contributed by atoms with Gasteiger partial charge in [-0.05, 0) is 25.0 Å². The number of allylic oxidation sites excluding steroid dienone is 1. The Hall–Kier alpha value is -2.00. The van der Waals surface area contributed by atoms with Crippen LogP contribution in [0.15, 0.2) is 33.8 Å². The SMILES string of the molecule is CCN1C(Sc2cc(F)cc(F)c2)=C(C(C)C)NC1(C)OCCOC(N)=O. The van der Waals surface area contributed by atoms with Crippen molar-refractivity contribution in [3.05, 3.63) is 40.6 Å². The van der Waals surface area contributed by atoms with Crippen molar-refractivity contribution >= 4 is 17.9 Å². The number of nitrogens with one attached hydrogen (secondary N) is 1. The van der Waals surface area contributed by atoms with Gasteiger partial charge >= 0.3 is 6.09 Å². The van der Waals surface area contributed by atoms with Crippen LogP contribution < -0.4 is 11.1 Å². The number of carbonyl (C=O) groups excluding carboxylic acids is 1. The molecule has 150 valence electrons. The van der Waals surface area contributed by atoms with E-state index >= 15 is 0 Å². The van der Waals surface area contributed by atoms with Crippen LogP contribution in [0.2, 0.25) is 0 Å². The van der Waals surface area contributed by atoms with Crippen molar-refractivity contribution in [2.45, 2.75) is 38.4 Å². The van der Waals surface area contributed by atoms with Crippen LogP contribution in [0.1, 0.15) is 27.7 Å². The third-order valence-electron chi connectivity index (χ3n) is 4.01. The smallest absolute Gasteiger partial charge is 0.404 e. The summed E-state index contributed by atoms with van der Waals surface area (Å²) < 4.78 is 37.8. The average molecular weight is 401 g/mol. The van der Waals surface area contributed by atoms with Crippen molar-refractivity contribution < 1.29 is 23.0 Å². The monoisotopic (exact) mass is 401 g/mol. The zero-order chi connectivity index (χ0) is 20.2. The van der Waals surface area contributed by atoms with Gasteiger partial charge in [0.1, 0.15) is 18.2 Å². The van der Waals surface area contributed by atoms with Gasteiger partial charge < -0.3 is 25.4 Å². The van der Waals surface area contributed by atoms with Gasteiger partial charge in [0.15, 0.2) is 0 Å². The molecule has 0 saturated carbocycles. The first-order valence-corrected chi connectivity index (χ1v) is 9.48. The van der Waals surface area contributed by atoms with Gasteiger partial charge in [-0.15, -0.1) is 0 Å². The maximum Gasteiger partial charge on any atom is 0.404 e. The molecular weight excluding hydrogens is 376 g/mol. The molecule has 2 rings (SSSR count). The number of ether oxygens (including phenoxy) is 2. The van der Waals surface area contributed by atoms with Crippen LogP contribution >= 0.6 is 11.8 Å². The molecule has 0 bridgehead atoms. The second-order valence-corrected chi connectivity index (χ2v) is 7.51. The Balaban J connectivity index is 2.23. The first-order chi connectivity index (χ1) is 12.7. The number of halogens is 2. The second kappa shape index (κ2) is 8.79. The Morgan fingerprint density at radius 3 is 2.44 bits per heavy atom. The van der Waals surface area contributed by atoms with Crippen LogP contribution in [0.3, 0.4) is 0 Å². The van der Waals surface area contributed by atoms with E-state index in [0.29, 0.717) is 11.4 Å². The van der Waals surface area contributed by atoms with E-state index in [-0.39, 0.29) is 19.1 Å². The fourth-order valence-electron chi connectivity index (χ4n) is 2.85. The van der Waals surface area contributed by atoms with Crippen molar-refractivity contribution in [2.75, 3.05) is 19.8 Å². The summed E-state index contributed by atoms with van der Waals surface area (Å²) in [7, 11) is 0. The fourth-order valence-corrected chi connectivity index (χ4v) is 4.23. The summed E-state index contributed by atoms with van der Waals surface area (Å²) in [6, 6.07) is 3.44. The molecule has 9 heteroatoms. The van der Waals surface area contributed by atoms with Crippen LogP contribution in [-0.4, -0.2) is 36.6 Å². The third-order valence-corrected chi connectivity index (χ3v) is 5.12. The van der Waals surface area contributed by atoms with Gasteiger partial charge in [0.2, 0.25) is 5.85 Å². The highest BCUT2D eigenvalue weighted by molar-refractivity contribution is 8.03. The lowest BCUT2D eigenvalue weighted by Gasteiger charge is -2.37. The lowest BCUT2D eigenvalue weighted by atomic mass is 10.1. The molecule has 27 heavy (non-hydrogen) atoms. The summed E-state index contributed by atoms with van der Waals surface area (Å²) in [6.07, 6.45) is -0.860. The molecule has 0 fully saturated rings. The number of nitrogens with zero attached hydrogens (tertiary/aromatic N) is 1. The summed E-state index contributed by atoms with van der Waals surface area (Å²) in [5.41, 5.74) is 5.86. The van der Waals surface area contributed by atoms with E-state index in [0.717, 1.165) is 16.8 Å². The van der Waals surface area contributed by atoms with Crippen molar-refractivity contribution in [3.63, 3.8) is 0 Å². The standard InChI is InChI=1S/C18H25F2N3O3S/c1-5-23-16(27-14-9-12(19)8-13(20)10-14)15(11(2)3)22-18(23,4)26-7-6-25-17(21)24/h8-11,22H,5-7H2,1-4H3,(H2,21,24). The number of hydrogen-bond donors (Lipinski definition) is 2. The average Bonchev–Trinajstić information content (AvgIpc) is 2.83. The first kappa shape index (κ1) is 21.3. The minimum absolute atomic E-state index is 0.0265. The maximum atomic E-state index is 13.6. The van der Waals surface area contributed by atoms with Gasteiger partial charge in [0, 0.05) is 30.1 Å². The molecular formula is C18H25F2N3O3S. The summed E-state index contributed by atoms with van der Waals surface area (Å²) in [5.74, 6) is -2.00. The molecule has 1 heterocycles. The molecule has 0 spiro atoms. The fraction of sp³-hybridized carbons (Fsp3) is 0.500. The molecule has 0 radical (unpaired) electrons. The van der Waals surface area contributed by atoms with Gasteiger partial charge in [-0.1, -0.05) is 25.6 Å². The second-order valence-electron chi connectivity index (χ2n) is 6.45. The molecule has 6 nitrogen and oxygen atoms in total. The number of benzene rings is 1. The minimum atomic E-state index is -0.885. The molecule has 3 N–H and O–H groups in total. The predicted molar refractivity (Wildman–Crippen MR) is 99.5 cm³/mol. The van der Waals surface area contributed by atoms with Crippen molar-refractivity contribution in [2.24, 2.45) is 11.7 Å².